The molecule has 3 aliphatic rings. The largest absolute Gasteiger partial charge is 0.338 e. The van der Waals surface area contributed by atoms with E-state index in [-0.39, 0.29) is 5.91 Å². The molecule has 3 fully saturated rings. The Labute approximate surface area is 154 Å². The third kappa shape index (κ3) is 3.93. The van der Waals surface area contributed by atoms with E-state index in [1.807, 2.05) is 0 Å². The first-order valence-electron chi connectivity index (χ1n) is 10.1. The van der Waals surface area contributed by atoms with Gasteiger partial charge in [0.15, 0.2) is 0 Å². The molecule has 142 valence electrons. The molecule has 5 heteroatoms. The normalized spacial score (nSPS) is 26.0. The minimum atomic E-state index is -0.558. The Balaban J connectivity index is 1.43. The number of benzene rings is 1. The zero-order valence-corrected chi connectivity index (χ0v) is 15.3. The van der Waals surface area contributed by atoms with Crippen LogP contribution in [0.2, 0.25) is 0 Å². The van der Waals surface area contributed by atoms with Crippen LogP contribution in [0.4, 0.5) is 8.78 Å². The Kier molecular flexibility index (Phi) is 5.25. The molecule has 0 radical (unpaired) electrons. The standard InChI is InChI=1S/C21H28F2N2O/c22-17-8-7-16(19(23)12-17)13-24(18-9-10-18)14-21(26)25-11-3-5-15-4-1-2-6-20(15)25/h7-8,12,15,18,20H,1-6,9-11,13-14H2. The number of piperidine rings is 1. The number of amides is 1. The summed E-state index contributed by atoms with van der Waals surface area (Å²) in [6, 6.07) is 4.49. The fourth-order valence-corrected chi connectivity index (χ4v) is 4.82. The Hall–Kier alpha value is -1.49. The van der Waals surface area contributed by atoms with E-state index in [1.54, 1.807) is 0 Å². The van der Waals surface area contributed by atoms with Crippen LogP contribution in [0.1, 0.15) is 56.9 Å². The number of halogens is 2. The number of likely N-dealkylation sites (tertiary alicyclic amines) is 1. The van der Waals surface area contributed by atoms with Gasteiger partial charge in [-0.2, -0.15) is 0 Å². The van der Waals surface area contributed by atoms with Crippen molar-refractivity contribution < 1.29 is 13.6 Å². The van der Waals surface area contributed by atoms with Gasteiger partial charge in [0.05, 0.1) is 6.54 Å². The third-order valence-corrected chi connectivity index (χ3v) is 6.35. The van der Waals surface area contributed by atoms with E-state index in [2.05, 4.69) is 9.80 Å². The topological polar surface area (TPSA) is 23.6 Å². The lowest BCUT2D eigenvalue weighted by Crippen LogP contribution is -2.52. The Bertz CT molecular complexity index is 659. The van der Waals surface area contributed by atoms with Gasteiger partial charge in [0.25, 0.3) is 0 Å². The molecule has 2 saturated carbocycles. The van der Waals surface area contributed by atoms with Crippen molar-refractivity contribution in [3.63, 3.8) is 0 Å². The van der Waals surface area contributed by atoms with E-state index >= 15 is 0 Å². The van der Waals surface area contributed by atoms with E-state index in [4.69, 9.17) is 0 Å². The molecule has 4 rings (SSSR count). The first kappa shape index (κ1) is 17.9. The highest BCUT2D eigenvalue weighted by Crippen LogP contribution is 2.36. The number of carbonyl (C=O) groups is 1. The van der Waals surface area contributed by atoms with Gasteiger partial charge in [0.1, 0.15) is 11.6 Å². The van der Waals surface area contributed by atoms with E-state index in [9.17, 15) is 13.6 Å². The van der Waals surface area contributed by atoms with Crippen LogP contribution >= 0.6 is 0 Å². The molecule has 1 amide bonds. The molecule has 1 aromatic rings. The average molecular weight is 362 g/mol. The number of nitrogens with zero attached hydrogens (tertiary/aromatic N) is 2. The second-order valence-corrected chi connectivity index (χ2v) is 8.21. The van der Waals surface area contributed by atoms with Crippen LogP contribution < -0.4 is 0 Å². The van der Waals surface area contributed by atoms with Gasteiger partial charge in [-0.25, -0.2) is 8.78 Å². The number of carbonyl (C=O) groups excluding carboxylic acids is 1. The average Bonchev–Trinajstić information content (AvgIpc) is 3.48. The van der Waals surface area contributed by atoms with Gasteiger partial charge in [-0.3, -0.25) is 9.69 Å². The minimum Gasteiger partial charge on any atom is -0.338 e. The smallest absolute Gasteiger partial charge is 0.237 e. The highest BCUT2D eigenvalue weighted by molar-refractivity contribution is 5.79. The van der Waals surface area contributed by atoms with E-state index in [1.165, 1.54) is 37.8 Å². The van der Waals surface area contributed by atoms with Gasteiger partial charge in [-0.05, 0) is 50.5 Å². The maximum atomic E-state index is 14.0. The fourth-order valence-electron chi connectivity index (χ4n) is 4.82. The van der Waals surface area contributed by atoms with Crippen LogP contribution in [0.5, 0.6) is 0 Å². The van der Waals surface area contributed by atoms with E-state index in [0.29, 0.717) is 36.7 Å². The molecule has 26 heavy (non-hydrogen) atoms. The summed E-state index contributed by atoms with van der Waals surface area (Å²) in [4.78, 5) is 17.3. The summed E-state index contributed by atoms with van der Waals surface area (Å²) in [6.45, 7) is 1.60. The maximum absolute atomic E-state index is 14.0. The Morgan fingerprint density at radius 1 is 1.08 bits per heavy atom. The molecule has 1 aromatic carbocycles. The van der Waals surface area contributed by atoms with E-state index in [0.717, 1.165) is 38.3 Å². The highest BCUT2D eigenvalue weighted by atomic mass is 19.1. The molecule has 1 aliphatic heterocycles. The highest BCUT2D eigenvalue weighted by Gasteiger charge is 2.38. The minimum absolute atomic E-state index is 0.191. The van der Waals surface area contributed by atoms with Crippen molar-refractivity contribution in [2.45, 2.75) is 70.0 Å². The quantitative estimate of drug-likeness (QED) is 0.787. The summed E-state index contributed by atoms with van der Waals surface area (Å²) in [5, 5.41) is 0. The second-order valence-electron chi connectivity index (χ2n) is 8.21. The summed E-state index contributed by atoms with van der Waals surface area (Å²) in [5.41, 5.74) is 0.472. The lowest BCUT2D eigenvalue weighted by Gasteiger charge is -2.44. The molecular formula is C21H28F2N2O. The van der Waals surface area contributed by atoms with E-state index < -0.39 is 11.6 Å². The number of rotatable bonds is 5. The Morgan fingerprint density at radius 2 is 1.85 bits per heavy atom. The zero-order valence-electron chi connectivity index (χ0n) is 15.3. The van der Waals surface area contributed by atoms with Gasteiger partial charge in [0, 0.05) is 36.8 Å². The predicted octanol–water partition coefficient (Wildman–Crippen LogP) is 4.11. The summed E-state index contributed by atoms with van der Waals surface area (Å²) < 4.78 is 27.2. The second kappa shape index (κ2) is 7.63. The first-order chi connectivity index (χ1) is 12.6. The van der Waals surface area contributed by atoms with Gasteiger partial charge in [-0.15, -0.1) is 0 Å². The molecule has 1 saturated heterocycles. The molecule has 3 nitrogen and oxygen atoms in total. The van der Waals surface area contributed by atoms with Crippen molar-refractivity contribution >= 4 is 5.91 Å². The van der Waals surface area contributed by atoms with Crippen molar-refractivity contribution in [2.24, 2.45) is 5.92 Å². The predicted molar refractivity (Wildman–Crippen MR) is 96.5 cm³/mol. The summed E-state index contributed by atoms with van der Waals surface area (Å²) in [5.74, 6) is -0.216. The van der Waals surface area contributed by atoms with Crippen molar-refractivity contribution in [3.8, 4) is 0 Å². The van der Waals surface area contributed by atoms with Gasteiger partial charge in [0.2, 0.25) is 5.91 Å². The third-order valence-electron chi connectivity index (χ3n) is 6.35. The summed E-state index contributed by atoms with van der Waals surface area (Å²) in [7, 11) is 0. The lowest BCUT2D eigenvalue weighted by molar-refractivity contribution is -0.139. The lowest BCUT2D eigenvalue weighted by atomic mass is 9.78. The van der Waals surface area contributed by atoms with Crippen molar-refractivity contribution in [2.75, 3.05) is 13.1 Å². The molecular weight excluding hydrogens is 334 g/mol. The number of hydrogen-bond donors (Lipinski definition) is 0. The molecule has 0 N–H and O–H groups in total. The van der Waals surface area contributed by atoms with Gasteiger partial charge in [-0.1, -0.05) is 18.9 Å². The molecule has 2 atom stereocenters. The van der Waals surface area contributed by atoms with Crippen LogP contribution in [0.3, 0.4) is 0 Å². The van der Waals surface area contributed by atoms with Gasteiger partial charge < -0.3 is 4.90 Å². The van der Waals surface area contributed by atoms with Crippen LogP contribution in [-0.2, 0) is 11.3 Å². The molecule has 0 aromatic heterocycles. The molecule has 0 spiro atoms. The maximum Gasteiger partial charge on any atom is 0.237 e. The monoisotopic (exact) mass is 362 g/mol. The van der Waals surface area contributed by atoms with Crippen LogP contribution in [0.15, 0.2) is 18.2 Å². The fraction of sp³-hybridized carbons (Fsp3) is 0.667. The summed E-state index contributed by atoms with van der Waals surface area (Å²) in [6.07, 6.45) is 9.36. The van der Waals surface area contributed by atoms with Crippen LogP contribution in [-0.4, -0.2) is 40.9 Å². The number of hydrogen-bond acceptors (Lipinski definition) is 2. The number of fused-ring (bicyclic) bond motifs is 1. The SMILES string of the molecule is O=C(CN(Cc1ccc(F)cc1F)C1CC1)N1CCCC2CCCCC21. The van der Waals surface area contributed by atoms with Crippen molar-refractivity contribution in [1.82, 2.24) is 9.80 Å². The zero-order chi connectivity index (χ0) is 18.1. The molecule has 1 heterocycles. The van der Waals surface area contributed by atoms with Crippen LogP contribution in [0, 0.1) is 17.6 Å². The summed E-state index contributed by atoms with van der Waals surface area (Å²) >= 11 is 0. The molecule has 2 aliphatic carbocycles. The van der Waals surface area contributed by atoms with Crippen LogP contribution in [0.25, 0.3) is 0 Å². The molecule has 2 unspecified atom stereocenters. The molecule has 0 bridgehead atoms. The van der Waals surface area contributed by atoms with Crippen molar-refractivity contribution in [3.05, 3.63) is 35.4 Å². The Morgan fingerprint density at radius 3 is 2.62 bits per heavy atom. The van der Waals surface area contributed by atoms with Gasteiger partial charge >= 0.3 is 0 Å². The first-order valence-corrected chi connectivity index (χ1v) is 10.1. The van der Waals surface area contributed by atoms with Crippen molar-refractivity contribution in [1.29, 1.82) is 0 Å².